The third-order valence-corrected chi connectivity index (χ3v) is 4.72. The minimum Gasteiger partial charge on any atom is -0.481 e. The SMILES string of the molecule is CC(O)CCN(C)C(=O)N1C2CCC1CC(CC(=O)O)C2. The zero-order valence-corrected chi connectivity index (χ0v) is 12.9. The van der Waals surface area contributed by atoms with E-state index in [1.807, 2.05) is 4.90 Å². The number of nitrogens with zero attached hydrogens (tertiary/aromatic N) is 2. The van der Waals surface area contributed by atoms with E-state index >= 15 is 0 Å². The molecule has 0 saturated carbocycles. The van der Waals surface area contributed by atoms with Crippen LogP contribution in [0.25, 0.3) is 0 Å². The molecule has 0 aromatic heterocycles. The predicted octanol–water partition coefficient (Wildman–Crippen LogP) is 1.53. The van der Waals surface area contributed by atoms with Crippen molar-refractivity contribution < 1.29 is 19.8 Å². The number of fused-ring (bicyclic) bond motifs is 2. The highest BCUT2D eigenvalue weighted by atomic mass is 16.4. The van der Waals surface area contributed by atoms with Crippen LogP contribution in [0, 0.1) is 5.92 Å². The predicted molar refractivity (Wildman–Crippen MR) is 77.9 cm³/mol. The number of carbonyl (C=O) groups is 2. The molecule has 0 aliphatic carbocycles. The van der Waals surface area contributed by atoms with Crippen LogP contribution in [0.4, 0.5) is 4.79 Å². The van der Waals surface area contributed by atoms with E-state index in [-0.39, 0.29) is 30.5 Å². The molecule has 2 N–H and O–H groups in total. The molecule has 2 fully saturated rings. The molecule has 0 aromatic carbocycles. The monoisotopic (exact) mass is 298 g/mol. The van der Waals surface area contributed by atoms with Gasteiger partial charge in [0.05, 0.1) is 6.10 Å². The summed E-state index contributed by atoms with van der Waals surface area (Å²) < 4.78 is 0. The Morgan fingerprint density at radius 3 is 2.33 bits per heavy atom. The lowest BCUT2D eigenvalue weighted by Crippen LogP contribution is -2.51. The molecule has 21 heavy (non-hydrogen) atoms. The van der Waals surface area contributed by atoms with Crippen LogP contribution in [0.1, 0.15) is 45.4 Å². The maximum absolute atomic E-state index is 12.6. The van der Waals surface area contributed by atoms with Gasteiger partial charge in [0.2, 0.25) is 0 Å². The first kappa shape index (κ1) is 16.1. The van der Waals surface area contributed by atoms with Crippen LogP contribution in [0.15, 0.2) is 0 Å². The van der Waals surface area contributed by atoms with Crippen molar-refractivity contribution in [3.05, 3.63) is 0 Å². The molecular formula is C15H26N2O4. The number of aliphatic hydroxyl groups excluding tert-OH is 1. The Balaban J connectivity index is 1.93. The Morgan fingerprint density at radius 2 is 1.86 bits per heavy atom. The van der Waals surface area contributed by atoms with Crippen molar-refractivity contribution in [3.63, 3.8) is 0 Å². The molecule has 0 radical (unpaired) electrons. The summed E-state index contributed by atoms with van der Waals surface area (Å²) in [5.41, 5.74) is 0. The number of aliphatic hydroxyl groups is 1. The fourth-order valence-corrected chi connectivity index (χ4v) is 3.69. The molecule has 2 aliphatic rings. The van der Waals surface area contributed by atoms with Gasteiger partial charge in [-0.15, -0.1) is 0 Å². The molecule has 6 nitrogen and oxygen atoms in total. The highest BCUT2D eigenvalue weighted by molar-refractivity contribution is 5.75. The Hall–Kier alpha value is -1.30. The van der Waals surface area contributed by atoms with Crippen molar-refractivity contribution in [1.82, 2.24) is 9.80 Å². The van der Waals surface area contributed by atoms with Gasteiger partial charge >= 0.3 is 12.0 Å². The number of piperidine rings is 1. The molecule has 3 unspecified atom stereocenters. The van der Waals surface area contributed by atoms with Gasteiger partial charge in [-0.3, -0.25) is 4.79 Å². The standard InChI is InChI=1S/C15H26N2O4/c1-10(18)5-6-16(2)15(21)17-12-3-4-13(17)8-11(7-12)9-14(19)20/h10-13,18H,3-9H2,1-2H3,(H,19,20). The lowest BCUT2D eigenvalue weighted by molar-refractivity contribution is -0.138. The molecular weight excluding hydrogens is 272 g/mol. The van der Waals surface area contributed by atoms with Crippen molar-refractivity contribution in [2.45, 2.75) is 63.6 Å². The van der Waals surface area contributed by atoms with Gasteiger partial charge in [0.25, 0.3) is 0 Å². The number of aliphatic carboxylic acids is 1. The first-order chi connectivity index (χ1) is 9.88. The molecule has 3 atom stereocenters. The zero-order chi connectivity index (χ0) is 15.6. The molecule has 0 spiro atoms. The Kier molecular flexibility index (Phi) is 5.08. The molecule has 2 aliphatic heterocycles. The van der Waals surface area contributed by atoms with Crippen molar-refractivity contribution in [2.24, 2.45) is 5.92 Å². The average Bonchev–Trinajstić information content (AvgIpc) is 2.66. The fourth-order valence-electron chi connectivity index (χ4n) is 3.69. The minimum atomic E-state index is -0.742. The summed E-state index contributed by atoms with van der Waals surface area (Å²) in [6, 6.07) is 0.404. The average molecular weight is 298 g/mol. The van der Waals surface area contributed by atoms with Gasteiger partial charge in [-0.25, -0.2) is 4.79 Å². The number of hydrogen-bond acceptors (Lipinski definition) is 3. The van der Waals surface area contributed by atoms with E-state index in [2.05, 4.69) is 0 Å². The van der Waals surface area contributed by atoms with Crippen molar-refractivity contribution in [3.8, 4) is 0 Å². The van der Waals surface area contributed by atoms with Crippen LogP contribution in [-0.2, 0) is 4.79 Å². The lowest BCUT2D eigenvalue weighted by Gasteiger charge is -2.40. The second kappa shape index (κ2) is 6.64. The number of carboxylic acid groups (broad SMARTS) is 1. The van der Waals surface area contributed by atoms with Gasteiger partial charge in [-0.1, -0.05) is 0 Å². The van der Waals surface area contributed by atoms with Gasteiger partial charge in [0.1, 0.15) is 0 Å². The normalized spacial score (nSPS) is 29.3. The van der Waals surface area contributed by atoms with E-state index in [0.717, 1.165) is 25.7 Å². The van der Waals surface area contributed by atoms with Crippen molar-refractivity contribution >= 4 is 12.0 Å². The molecule has 2 heterocycles. The molecule has 2 rings (SSSR count). The summed E-state index contributed by atoms with van der Waals surface area (Å²) in [5, 5.41) is 18.3. The summed E-state index contributed by atoms with van der Waals surface area (Å²) in [4.78, 5) is 27.1. The number of amides is 2. The molecule has 2 amide bonds. The number of rotatable bonds is 5. The largest absolute Gasteiger partial charge is 0.481 e. The summed E-state index contributed by atoms with van der Waals surface area (Å²) in [5.74, 6) is -0.542. The topological polar surface area (TPSA) is 81.1 Å². The fraction of sp³-hybridized carbons (Fsp3) is 0.867. The number of carboxylic acids is 1. The van der Waals surface area contributed by atoms with E-state index in [1.54, 1.807) is 18.9 Å². The first-order valence-corrected chi connectivity index (χ1v) is 7.81. The molecule has 120 valence electrons. The smallest absolute Gasteiger partial charge is 0.320 e. The van der Waals surface area contributed by atoms with Gasteiger partial charge in [-0.05, 0) is 44.9 Å². The van der Waals surface area contributed by atoms with Crippen LogP contribution < -0.4 is 0 Å². The first-order valence-electron chi connectivity index (χ1n) is 7.81. The number of carbonyl (C=O) groups excluding carboxylic acids is 1. The van der Waals surface area contributed by atoms with Crippen molar-refractivity contribution in [1.29, 1.82) is 0 Å². The van der Waals surface area contributed by atoms with Crippen LogP contribution in [0.3, 0.4) is 0 Å². The van der Waals surface area contributed by atoms with Gasteiger partial charge in [0, 0.05) is 32.1 Å². The summed E-state index contributed by atoms with van der Waals surface area (Å²) in [6.45, 7) is 2.27. The Bertz CT molecular complexity index is 385. The molecule has 2 saturated heterocycles. The second-order valence-corrected chi connectivity index (χ2v) is 6.57. The maximum atomic E-state index is 12.6. The van der Waals surface area contributed by atoms with Gasteiger partial charge in [0.15, 0.2) is 0 Å². The maximum Gasteiger partial charge on any atom is 0.320 e. The summed E-state index contributed by atoms with van der Waals surface area (Å²) in [7, 11) is 1.77. The zero-order valence-electron chi connectivity index (χ0n) is 12.9. The van der Waals surface area contributed by atoms with E-state index < -0.39 is 12.1 Å². The van der Waals surface area contributed by atoms with Crippen molar-refractivity contribution in [2.75, 3.05) is 13.6 Å². The molecule has 0 aromatic rings. The van der Waals surface area contributed by atoms with E-state index in [4.69, 9.17) is 5.11 Å². The minimum absolute atomic E-state index is 0.0249. The summed E-state index contributed by atoms with van der Waals surface area (Å²) >= 11 is 0. The second-order valence-electron chi connectivity index (χ2n) is 6.57. The van der Waals surface area contributed by atoms with Crippen LogP contribution in [0.5, 0.6) is 0 Å². The molecule has 2 bridgehead atoms. The Labute approximate surface area is 125 Å². The summed E-state index contributed by atoms with van der Waals surface area (Å²) in [6.07, 6.45) is 3.96. The third kappa shape index (κ3) is 3.87. The Morgan fingerprint density at radius 1 is 1.29 bits per heavy atom. The lowest BCUT2D eigenvalue weighted by atomic mass is 9.88. The van der Waals surface area contributed by atoms with E-state index in [1.165, 1.54) is 0 Å². The van der Waals surface area contributed by atoms with Gasteiger partial charge in [-0.2, -0.15) is 0 Å². The number of hydrogen-bond donors (Lipinski definition) is 2. The van der Waals surface area contributed by atoms with Crippen LogP contribution >= 0.6 is 0 Å². The molecule has 6 heteroatoms. The van der Waals surface area contributed by atoms with Gasteiger partial charge < -0.3 is 20.0 Å². The highest BCUT2D eigenvalue weighted by Crippen LogP contribution is 2.40. The number of urea groups is 1. The van der Waals surface area contributed by atoms with E-state index in [9.17, 15) is 14.7 Å². The van der Waals surface area contributed by atoms with E-state index in [0.29, 0.717) is 13.0 Å². The quantitative estimate of drug-likeness (QED) is 0.806. The van der Waals surface area contributed by atoms with Crippen LogP contribution in [-0.4, -0.2) is 63.8 Å². The highest BCUT2D eigenvalue weighted by Gasteiger charge is 2.44. The van der Waals surface area contributed by atoms with Crippen LogP contribution in [0.2, 0.25) is 0 Å². The third-order valence-electron chi connectivity index (χ3n) is 4.72.